The van der Waals surface area contributed by atoms with Gasteiger partial charge in [-0.1, -0.05) is 11.1 Å². The van der Waals surface area contributed by atoms with Crippen molar-refractivity contribution in [2.45, 2.75) is 24.9 Å². The number of ether oxygens (including phenoxy) is 2. The molecule has 0 radical (unpaired) electrons. The van der Waals surface area contributed by atoms with Gasteiger partial charge in [-0.3, -0.25) is 4.79 Å². The molecule has 0 aliphatic carbocycles. The molecule has 3 atom stereocenters. The molecule has 2 N–H and O–H groups in total. The van der Waals surface area contributed by atoms with Crippen molar-refractivity contribution < 1.29 is 24.3 Å². The van der Waals surface area contributed by atoms with Gasteiger partial charge in [0.2, 0.25) is 6.33 Å². The molecule has 1 aromatic carbocycles. The first-order valence-electron chi connectivity index (χ1n) is 7.99. The van der Waals surface area contributed by atoms with Crippen LogP contribution in [0.5, 0.6) is 5.75 Å². The number of fused-ring (bicyclic) bond motifs is 2. The number of aromatic hydroxyl groups is 1. The topological polar surface area (TPSA) is 154 Å². The lowest BCUT2D eigenvalue weighted by molar-refractivity contribution is -0.394. The predicted octanol–water partition coefficient (Wildman–Crippen LogP) is 0.364. The van der Waals surface area contributed by atoms with Gasteiger partial charge in [-0.05, 0) is 23.1 Å². The number of hydrogen-bond acceptors (Lipinski definition) is 9. The molecular weight excluding hydrogens is 360 g/mol. The normalized spacial score (nSPS) is 25.5. The Morgan fingerprint density at radius 3 is 3.07 bits per heavy atom. The highest BCUT2D eigenvalue weighted by atomic mass is 16.7. The summed E-state index contributed by atoms with van der Waals surface area (Å²) in [5.41, 5.74) is 3.06. The fourth-order valence-electron chi connectivity index (χ4n) is 2.94. The second-order valence-electron chi connectivity index (χ2n) is 5.99. The number of aromatic nitrogens is 3. The van der Waals surface area contributed by atoms with Gasteiger partial charge in [-0.2, -0.15) is 9.78 Å². The van der Waals surface area contributed by atoms with Gasteiger partial charge in [0.15, 0.2) is 6.29 Å². The van der Waals surface area contributed by atoms with Crippen LogP contribution in [-0.4, -0.2) is 55.4 Å². The fraction of sp³-hybridized carbons (Fsp3) is 0.333. The van der Waals surface area contributed by atoms with E-state index in [0.717, 1.165) is 0 Å². The van der Waals surface area contributed by atoms with Gasteiger partial charge in [-0.15, -0.1) is 0 Å². The highest BCUT2D eigenvalue weighted by Gasteiger charge is 2.44. The van der Waals surface area contributed by atoms with Crippen LogP contribution in [0.25, 0.3) is 0 Å². The Bertz CT molecular complexity index is 927. The first-order valence-corrected chi connectivity index (χ1v) is 7.99. The van der Waals surface area contributed by atoms with Crippen LogP contribution in [0.15, 0.2) is 35.7 Å². The highest BCUT2D eigenvalue weighted by Crippen LogP contribution is 2.33. The van der Waals surface area contributed by atoms with Gasteiger partial charge >= 0.3 is 5.95 Å². The number of hydrazone groups is 1. The summed E-state index contributed by atoms with van der Waals surface area (Å²) < 4.78 is 12.6. The number of carbonyl (C=O) groups excluding carboxylic acids is 1. The maximum atomic E-state index is 12.2. The first-order chi connectivity index (χ1) is 13.0. The van der Waals surface area contributed by atoms with Gasteiger partial charge < -0.3 is 24.7 Å². The van der Waals surface area contributed by atoms with Gasteiger partial charge in [0, 0.05) is 17.1 Å². The monoisotopic (exact) mass is 374 g/mol. The molecule has 1 aromatic heterocycles. The van der Waals surface area contributed by atoms with E-state index in [9.17, 15) is 20.0 Å². The standard InChI is InChI=1S/C15H14N6O6/c22-9-3-1-2-8(4-9)13(23)18-17-10-5-11(12-6-26-14(10)27-12)20-7-16-15(19-20)21(24)25/h1-4,7,11-12,14,22H,5-6H2,(H,18,23)/b17-10+/t11-,12-,14+/m0/s1. The average molecular weight is 374 g/mol. The Hall–Kier alpha value is -3.38. The molecule has 0 unspecified atom stereocenters. The summed E-state index contributed by atoms with van der Waals surface area (Å²) in [4.78, 5) is 25.9. The molecule has 27 heavy (non-hydrogen) atoms. The molecule has 2 bridgehead atoms. The summed E-state index contributed by atoms with van der Waals surface area (Å²) >= 11 is 0. The molecule has 1 amide bonds. The van der Waals surface area contributed by atoms with Crippen LogP contribution in [0.3, 0.4) is 0 Å². The van der Waals surface area contributed by atoms with E-state index in [-0.39, 0.29) is 24.0 Å². The summed E-state index contributed by atoms with van der Waals surface area (Å²) in [7, 11) is 0. The summed E-state index contributed by atoms with van der Waals surface area (Å²) in [6.07, 6.45) is 0.524. The summed E-state index contributed by atoms with van der Waals surface area (Å²) in [6, 6.07) is 5.44. The first kappa shape index (κ1) is 17.1. The smallest absolute Gasteiger partial charge is 0.490 e. The average Bonchev–Trinajstić information content (AvgIpc) is 3.30. The molecule has 0 saturated carbocycles. The zero-order valence-electron chi connectivity index (χ0n) is 13.8. The van der Waals surface area contributed by atoms with Crippen molar-refractivity contribution in [1.82, 2.24) is 20.2 Å². The maximum absolute atomic E-state index is 12.2. The molecule has 140 valence electrons. The molecule has 2 saturated heterocycles. The Kier molecular flexibility index (Phi) is 4.25. The third kappa shape index (κ3) is 3.35. The lowest BCUT2D eigenvalue weighted by atomic mass is 10.0. The largest absolute Gasteiger partial charge is 0.508 e. The Balaban J connectivity index is 1.51. The minimum absolute atomic E-state index is 0.0360. The number of nitrogens with zero attached hydrogens (tertiary/aromatic N) is 5. The number of nitrogens with one attached hydrogen (secondary N) is 1. The molecule has 2 fully saturated rings. The molecule has 2 aliphatic rings. The molecule has 12 nitrogen and oxygen atoms in total. The number of nitro groups is 1. The molecule has 2 aromatic rings. The number of hydrogen-bond donors (Lipinski definition) is 2. The quantitative estimate of drug-likeness (QED) is 0.574. The number of amides is 1. The van der Waals surface area contributed by atoms with Crippen LogP contribution in [0.1, 0.15) is 22.8 Å². The lowest BCUT2D eigenvalue weighted by Crippen LogP contribution is -2.38. The van der Waals surface area contributed by atoms with E-state index in [0.29, 0.717) is 12.1 Å². The number of rotatable bonds is 4. The van der Waals surface area contributed by atoms with E-state index in [1.54, 1.807) is 6.07 Å². The fourth-order valence-corrected chi connectivity index (χ4v) is 2.94. The third-order valence-corrected chi connectivity index (χ3v) is 4.24. The van der Waals surface area contributed by atoms with E-state index in [1.165, 1.54) is 29.2 Å². The number of phenols is 1. The second kappa shape index (κ2) is 6.74. The number of carbonyl (C=O) groups is 1. The number of phenolic OH excluding ortho intramolecular Hbond substituents is 1. The lowest BCUT2D eigenvalue weighted by Gasteiger charge is -2.26. The zero-order chi connectivity index (χ0) is 19.0. The molecule has 2 aliphatic heterocycles. The van der Waals surface area contributed by atoms with Crippen LogP contribution in [0.4, 0.5) is 5.95 Å². The van der Waals surface area contributed by atoms with Crippen LogP contribution in [0.2, 0.25) is 0 Å². The van der Waals surface area contributed by atoms with Gasteiger partial charge in [0.1, 0.15) is 17.9 Å². The van der Waals surface area contributed by atoms with E-state index in [2.05, 4.69) is 20.6 Å². The van der Waals surface area contributed by atoms with Gasteiger partial charge in [0.25, 0.3) is 5.91 Å². The Morgan fingerprint density at radius 1 is 1.48 bits per heavy atom. The summed E-state index contributed by atoms with van der Waals surface area (Å²) in [5.74, 6) is -1.05. The van der Waals surface area contributed by atoms with Crippen molar-refractivity contribution in [2.24, 2.45) is 5.10 Å². The minimum atomic E-state index is -0.700. The van der Waals surface area contributed by atoms with E-state index >= 15 is 0 Å². The van der Waals surface area contributed by atoms with E-state index < -0.39 is 29.1 Å². The molecule has 3 heterocycles. The van der Waals surface area contributed by atoms with Crippen molar-refractivity contribution in [2.75, 3.05) is 6.61 Å². The van der Waals surface area contributed by atoms with Crippen molar-refractivity contribution in [3.05, 3.63) is 46.3 Å². The second-order valence-corrected chi connectivity index (χ2v) is 5.99. The SMILES string of the molecule is O=C(N/N=C1\C[C@H](n2cnc([N+](=O)[O-])n2)[C@@H]2CO[C@@H]1O2)c1cccc(O)c1. The molecule has 4 rings (SSSR count). The highest BCUT2D eigenvalue weighted by molar-refractivity contribution is 5.96. The molecular formula is C15H14N6O6. The van der Waals surface area contributed by atoms with Crippen LogP contribution in [-0.2, 0) is 9.47 Å². The molecule has 12 heteroatoms. The van der Waals surface area contributed by atoms with Crippen molar-refractivity contribution >= 4 is 17.6 Å². The van der Waals surface area contributed by atoms with E-state index in [1.807, 2.05) is 0 Å². The van der Waals surface area contributed by atoms with Crippen LogP contribution in [0, 0.1) is 10.1 Å². The van der Waals surface area contributed by atoms with Gasteiger partial charge in [-0.25, -0.2) is 5.43 Å². The minimum Gasteiger partial charge on any atom is -0.508 e. The number of benzene rings is 1. The van der Waals surface area contributed by atoms with Crippen LogP contribution < -0.4 is 5.43 Å². The zero-order valence-corrected chi connectivity index (χ0v) is 13.8. The van der Waals surface area contributed by atoms with Crippen molar-refractivity contribution in [3.8, 4) is 5.75 Å². The Labute approximate surface area is 151 Å². The Morgan fingerprint density at radius 2 is 2.33 bits per heavy atom. The molecule has 0 spiro atoms. The maximum Gasteiger partial charge on any atom is 0.490 e. The van der Waals surface area contributed by atoms with Crippen LogP contribution >= 0.6 is 0 Å². The van der Waals surface area contributed by atoms with Crippen molar-refractivity contribution in [3.63, 3.8) is 0 Å². The summed E-state index contributed by atoms with van der Waals surface area (Å²) in [6.45, 7) is 0.266. The third-order valence-electron chi connectivity index (χ3n) is 4.24. The van der Waals surface area contributed by atoms with Gasteiger partial charge in [0.05, 0.1) is 12.3 Å². The van der Waals surface area contributed by atoms with E-state index in [4.69, 9.17) is 9.47 Å². The summed E-state index contributed by atoms with van der Waals surface area (Å²) in [5, 5.41) is 28.1. The van der Waals surface area contributed by atoms with Crippen molar-refractivity contribution in [1.29, 1.82) is 0 Å². The predicted molar refractivity (Wildman–Crippen MR) is 88.0 cm³/mol.